The molecule has 0 heterocycles. The van der Waals surface area contributed by atoms with E-state index in [4.69, 9.17) is 9.47 Å². The molecule has 0 radical (unpaired) electrons. The third-order valence-electron chi connectivity index (χ3n) is 2.62. The van der Waals surface area contributed by atoms with E-state index in [1.807, 2.05) is 6.92 Å². The molecule has 3 atom stereocenters. The van der Waals surface area contributed by atoms with E-state index in [0.29, 0.717) is 5.92 Å². The van der Waals surface area contributed by atoms with Crippen molar-refractivity contribution < 1.29 is 18.8 Å². The first-order chi connectivity index (χ1) is 7.85. The lowest BCUT2D eigenvalue weighted by molar-refractivity contribution is -0.150. The highest BCUT2D eigenvalue weighted by atomic mass is 127. The number of carbonyl (C=O) groups excluding carboxylic acids is 1. The van der Waals surface area contributed by atoms with Gasteiger partial charge in [0.25, 0.3) is 0 Å². The van der Waals surface area contributed by atoms with E-state index >= 15 is 0 Å². The number of ether oxygens (including phenoxy) is 2. The van der Waals surface area contributed by atoms with Crippen molar-refractivity contribution in [2.45, 2.75) is 38.8 Å². The van der Waals surface area contributed by atoms with E-state index < -0.39 is 11.0 Å². The first kappa shape index (κ1) is 15.4. The van der Waals surface area contributed by atoms with Gasteiger partial charge in [0.05, 0.1) is 0 Å². The summed E-state index contributed by atoms with van der Waals surface area (Å²) in [6.45, 7) is 3.56. The molecular formula is C10H19INO4P. The molecule has 7 heteroatoms. The minimum absolute atomic E-state index is 0.0391. The number of methoxy groups -OCH3 is 1. The first-order valence-electron chi connectivity index (χ1n) is 5.61. The van der Waals surface area contributed by atoms with Crippen molar-refractivity contribution in [1.82, 2.24) is 5.09 Å². The molecule has 1 rings (SSSR count). The lowest BCUT2D eigenvalue weighted by Crippen LogP contribution is -2.35. The van der Waals surface area contributed by atoms with Gasteiger partial charge in [-0.1, -0.05) is 0 Å². The highest BCUT2D eigenvalue weighted by Gasteiger charge is 2.32. The van der Waals surface area contributed by atoms with Crippen molar-refractivity contribution in [2.24, 2.45) is 5.92 Å². The van der Waals surface area contributed by atoms with E-state index in [1.165, 1.54) is 7.11 Å². The highest BCUT2D eigenvalue weighted by Crippen LogP contribution is 2.50. The minimum atomic E-state index is -2.66. The number of carbonyl (C=O) groups is 1. The molecule has 1 N–H and O–H groups in total. The molecule has 1 saturated carbocycles. The van der Waals surface area contributed by atoms with Gasteiger partial charge in [0.1, 0.15) is 18.5 Å². The molecule has 0 aromatic rings. The predicted octanol–water partition coefficient (Wildman–Crippen LogP) is 2.54. The average molecular weight is 375 g/mol. The van der Waals surface area contributed by atoms with Gasteiger partial charge in [0, 0.05) is 29.2 Å². The fraction of sp³-hybridized carbons (Fsp3) is 0.900. The molecule has 0 spiro atoms. The molecule has 0 bridgehead atoms. The Morgan fingerprint density at radius 2 is 2.12 bits per heavy atom. The maximum absolute atomic E-state index is 11.9. The van der Waals surface area contributed by atoms with E-state index in [0.717, 1.165) is 12.8 Å². The molecule has 1 fully saturated rings. The number of hydrogen-bond acceptors (Lipinski definition) is 4. The second-order valence-electron chi connectivity index (χ2n) is 4.40. The Bertz CT molecular complexity index is 321. The quantitative estimate of drug-likeness (QED) is 0.421. The summed E-state index contributed by atoms with van der Waals surface area (Å²) in [5.41, 5.74) is 0. The van der Waals surface area contributed by atoms with Crippen LogP contribution in [-0.4, -0.2) is 31.6 Å². The Hall–Kier alpha value is 0.350. The Morgan fingerprint density at radius 3 is 2.59 bits per heavy atom. The number of halogens is 1. The Balaban J connectivity index is 2.37. The Labute approximate surface area is 115 Å². The SMILES string of the molecule is COCP(=O)(I)NC(C)C(=O)OC(C)C1CC1. The zero-order chi connectivity index (χ0) is 13.1. The van der Waals surface area contributed by atoms with Gasteiger partial charge in [-0.25, -0.2) is 5.09 Å². The maximum atomic E-state index is 11.9. The van der Waals surface area contributed by atoms with E-state index in [9.17, 15) is 9.36 Å². The molecule has 0 saturated heterocycles. The number of esters is 1. The van der Waals surface area contributed by atoms with Crippen LogP contribution in [0.2, 0.25) is 0 Å². The van der Waals surface area contributed by atoms with Gasteiger partial charge in [-0.2, -0.15) is 0 Å². The molecule has 0 aromatic carbocycles. The van der Waals surface area contributed by atoms with Gasteiger partial charge in [-0.3, -0.25) is 9.36 Å². The van der Waals surface area contributed by atoms with Crippen LogP contribution in [0.15, 0.2) is 0 Å². The smallest absolute Gasteiger partial charge is 0.323 e. The summed E-state index contributed by atoms with van der Waals surface area (Å²) in [6, 6.07) is -0.575. The molecule has 17 heavy (non-hydrogen) atoms. The van der Waals surface area contributed by atoms with Gasteiger partial charge >= 0.3 is 5.97 Å². The van der Waals surface area contributed by atoms with Crippen LogP contribution in [0, 0.1) is 5.92 Å². The number of nitrogens with one attached hydrogen (secondary N) is 1. The summed E-state index contributed by atoms with van der Waals surface area (Å²) in [7, 11) is 1.48. The topological polar surface area (TPSA) is 64.6 Å². The van der Waals surface area contributed by atoms with Crippen LogP contribution in [0.25, 0.3) is 0 Å². The summed E-state index contributed by atoms with van der Waals surface area (Å²) >= 11 is 1.80. The van der Waals surface area contributed by atoms with Crippen LogP contribution in [0.1, 0.15) is 26.7 Å². The molecule has 5 nitrogen and oxygen atoms in total. The molecule has 0 amide bonds. The summed E-state index contributed by atoms with van der Waals surface area (Å²) in [4.78, 5) is 9.06. The largest absolute Gasteiger partial charge is 0.461 e. The van der Waals surface area contributed by atoms with Crippen molar-refractivity contribution in [1.29, 1.82) is 0 Å². The summed E-state index contributed by atoms with van der Waals surface area (Å²) < 4.78 is 22.0. The van der Waals surface area contributed by atoms with Gasteiger partial charge < -0.3 is 9.47 Å². The van der Waals surface area contributed by atoms with Crippen LogP contribution in [0.5, 0.6) is 0 Å². The van der Waals surface area contributed by atoms with Gasteiger partial charge in [0.2, 0.25) is 4.94 Å². The monoisotopic (exact) mass is 375 g/mol. The number of hydrogen-bond donors (Lipinski definition) is 1. The number of rotatable bonds is 7. The van der Waals surface area contributed by atoms with Crippen molar-refractivity contribution >= 4 is 32.9 Å². The van der Waals surface area contributed by atoms with Crippen LogP contribution >= 0.6 is 27.0 Å². The van der Waals surface area contributed by atoms with Gasteiger partial charge in [-0.15, -0.1) is 0 Å². The molecule has 0 aliphatic heterocycles. The van der Waals surface area contributed by atoms with Crippen molar-refractivity contribution in [3.05, 3.63) is 0 Å². The molecule has 100 valence electrons. The molecule has 3 unspecified atom stereocenters. The van der Waals surface area contributed by atoms with E-state index in [1.54, 1.807) is 29.0 Å². The normalized spacial score (nSPS) is 22.6. The summed E-state index contributed by atoms with van der Waals surface area (Å²) in [5, 5.41) is 2.76. The van der Waals surface area contributed by atoms with Crippen LogP contribution in [0.3, 0.4) is 0 Å². The lowest BCUT2D eigenvalue weighted by Gasteiger charge is -2.20. The molecular weight excluding hydrogens is 356 g/mol. The van der Waals surface area contributed by atoms with Crippen molar-refractivity contribution in [3.63, 3.8) is 0 Å². The van der Waals surface area contributed by atoms with E-state index in [2.05, 4.69) is 5.09 Å². The fourth-order valence-electron chi connectivity index (χ4n) is 1.49. The van der Waals surface area contributed by atoms with Gasteiger partial charge in [-0.05, 0) is 32.6 Å². The third kappa shape index (κ3) is 5.68. The second kappa shape index (κ2) is 6.50. The Morgan fingerprint density at radius 1 is 1.53 bits per heavy atom. The Kier molecular flexibility index (Phi) is 5.89. The zero-order valence-corrected chi connectivity index (χ0v) is 13.4. The first-order valence-corrected chi connectivity index (χ1v) is 10.3. The van der Waals surface area contributed by atoms with Crippen molar-refractivity contribution in [2.75, 3.05) is 13.5 Å². The van der Waals surface area contributed by atoms with Crippen LogP contribution in [-0.2, 0) is 18.8 Å². The minimum Gasteiger partial charge on any atom is -0.461 e. The second-order valence-corrected chi connectivity index (χ2v) is 10.9. The maximum Gasteiger partial charge on any atom is 0.323 e. The standard InChI is InChI=1S/C10H19INO4P/c1-7(12-17(11,14)6-15-3)10(13)16-8(2)9-4-5-9/h7-9H,4-6H2,1-3H3,(H,12,14). The lowest BCUT2D eigenvalue weighted by atomic mass is 10.2. The molecule has 0 aromatic heterocycles. The zero-order valence-electron chi connectivity index (χ0n) is 10.3. The average Bonchev–Trinajstić information content (AvgIpc) is 2.99. The van der Waals surface area contributed by atoms with E-state index in [-0.39, 0.29) is 18.4 Å². The van der Waals surface area contributed by atoms with Crippen LogP contribution in [0.4, 0.5) is 0 Å². The molecule has 1 aliphatic rings. The summed E-state index contributed by atoms with van der Waals surface area (Å²) in [5.74, 6) is 0.161. The summed E-state index contributed by atoms with van der Waals surface area (Å²) in [6.07, 6.45) is 2.32. The molecule has 1 aliphatic carbocycles. The van der Waals surface area contributed by atoms with Crippen molar-refractivity contribution in [3.8, 4) is 0 Å². The fourth-order valence-corrected chi connectivity index (χ4v) is 4.67. The third-order valence-corrected chi connectivity index (χ3v) is 5.66. The van der Waals surface area contributed by atoms with Gasteiger partial charge in [0.15, 0.2) is 0 Å². The predicted molar refractivity (Wildman–Crippen MR) is 74.4 cm³/mol. The van der Waals surface area contributed by atoms with Crippen LogP contribution < -0.4 is 5.09 Å². The highest BCUT2D eigenvalue weighted by molar-refractivity contribution is 14.2.